The average Bonchev–Trinajstić information content (AvgIpc) is 2.30. The summed E-state index contributed by atoms with van der Waals surface area (Å²) in [5.74, 6) is 0.806. The van der Waals surface area contributed by atoms with Crippen LogP contribution in [0, 0.1) is 0 Å². The normalized spacial score (nSPS) is 15.5. The molecule has 5 heteroatoms. The van der Waals surface area contributed by atoms with Gasteiger partial charge in [-0.2, -0.15) is 4.79 Å². The van der Waals surface area contributed by atoms with Gasteiger partial charge in [0.05, 0.1) is 12.3 Å². The molecule has 4 nitrogen and oxygen atoms in total. The van der Waals surface area contributed by atoms with Crippen LogP contribution in [0.4, 0.5) is 0 Å². The number of rotatable bonds is 5. The van der Waals surface area contributed by atoms with E-state index < -0.39 is 0 Å². The first-order valence-electron chi connectivity index (χ1n) is 5.71. The molecular weight excluding hydrogens is 238 g/mol. The lowest BCUT2D eigenvalue weighted by atomic mass is 10.1. The summed E-state index contributed by atoms with van der Waals surface area (Å²) in [7, 11) is 3.86. The quantitative estimate of drug-likeness (QED) is 0.431. The molecule has 0 amide bonds. The van der Waals surface area contributed by atoms with Gasteiger partial charge >= 0.3 is 5.71 Å². The first-order chi connectivity index (χ1) is 8.10. The molecule has 1 aliphatic carbocycles. The van der Waals surface area contributed by atoms with Crippen molar-refractivity contribution in [3.05, 3.63) is 28.1 Å². The Morgan fingerprint density at radius 3 is 2.76 bits per heavy atom. The molecule has 0 fully saturated rings. The molecule has 0 spiro atoms. The van der Waals surface area contributed by atoms with Crippen molar-refractivity contribution >= 4 is 17.3 Å². The fraction of sp³-hybridized carbons (Fsp3) is 0.583. The SMILES string of the molecule is CCCCOC1=C(N(C)C)C=C(Cl)C(=[N+]=[N-])C1. The smallest absolute Gasteiger partial charge is 0.318 e. The molecule has 1 rings (SSSR count). The fourth-order valence-electron chi connectivity index (χ4n) is 1.54. The molecule has 0 unspecified atom stereocenters. The molecule has 0 atom stereocenters. The molecule has 0 bridgehead atoms. The summed E-state index contributed by atoms with van der Waals surface area (Å²) in [6.07, 6.45) is 4.29. The first kappa shape index (κ1) is 13.8. The third kappa shape index (κ3) is 3.62. The van der Waals surface area contributed by atoms with E-state index in [1.165, 1.54) is 0 Å². The highest BCUT2D eigenvalue weighted by atomic mass is 35.5. The highest BCUT2D eigenvalue weighted by molar-refractivity contribution is 6.43. The van der Waals surface area contributed by atoms with Crippen LogP contribution in [0.2, 0.25) is 0 Å². The molecule has 17 heavy (non-hydrogen) atoms. The lowest BCUT2D eigenvalue weighted by molar-refractivity contribution is -0.00754. The van der Waals surface area contributed by atoms with Gasteiger partial charge in [0.2, 0.25) is 0 Å². The van der Waals surface area contributed by atoms with Crippen molar-refractivity contribution in [2.45, 2.75) is 26.2 Å². The maximum absolute atomic E-state index is 8.85. The van der Waals surface area contributed by atoms with Gasteiger partial charge in [-0.25, -0.2) is 0 Å². The number of hydrogen-bond donors (Lipinski definition) is 0. The Kier molecular flexibility index (Phi) is 5.26. The van der Waals surface area contributed by atoms with Crippen molar-refractivity contribution in [1.82, 2.24) is 4.90 Å². The summed E-state index contributed by atoms with van der Waals surface area (Å²) in [5.41, 5.74) is 10.2. The van der Waals surface area contributed by atoms with Gasteiger partial charge in [-0.1, -0.05) is 24.9 Å². The molecular formula is C12H18ClN3O. The van der Waals surface area contributed by atoms with Crippen LogP contribution in [0.1, 0.15) is 26.2 Å². The Balaban J connectivity index is 2.91. The van der Waals surface area contributed by atoms with Crippen molar-refractivity contribution in [3.8, 4) is 0 Å². The van der Waals surface area contributed by atoms with E-state index in [1.807, 2.05) is 19.0 Å². The maximum atomic E-state index is 8.85. The van der Waals surface area contributed by atoms with Crippen molar-refractivity contribution < 1.29 is 9.53 Å². The van der Waals surface area contributed by atoms with E-state index in [0.717, 1.165) is 24.3 Å². The largest absolute Gasteiger partial charge is 0.495 e. The van der Waals surface area contributed by atoms with Gasteiger partial charge < -0.3 is 15.2 Å². The molecule has 1 aliphatic rings. The van der Waals surface area contributed by atoms with E-state index >= 15 is 0 Å². The first-order valence-corrected chi connectivity index (χ1v) is 6.09. The van der Waals surface area contributed by atoms with Crippen LogP contribution < -0.4 is 0 Å². The highest BCUT2D eigenvalue weighted by Gasteiger charge is 2.26. The minimum atomic E-state index is 0.434. The summed E-state index contributed by atoms with van der Waals surface area (Å²) >= 11 is 6.00. The Hall–Kier alpha value is -1.25. The van der Waals surface area contributed by atoms with Gasteiger partial charge in [-0.05, 0) is 12.5 Å². The number of ether oxygens (including phenoxy) is 1. The second-order valence-corrected chi connectivity index (χ2v) is 4.53. The third-order valence-corrected chi connectivity index (χ3v) is 2.86. The minimum Gasteiger partial charge on any atom is -0.495 e. The second-order valence-electron chi connectivity index (χ2n) is 4.12. The summed E-state index contributed by atoms with van der Waals surface area (Å²) in [5, 5.41) is 0.457. The van der Waals surface area contributed by atoms with Gasteiger partial charge in [0.15, 0.2) is 0 Å². The Morgan fingerprint density at radius 1 is 1.53 bits per heavy atom. The number of hydrogen-bond acceptors (Lipinski definition) is 2. The molecule has 0 radical (unpaired) electrons. The lowest BCUT2D eigenvalue weighted by Crippen LogP contribution is -2.20. The van der Waals surface area contributed by atoms with Gasteiger partial charge in [-0.3, -0.25) is 0 Å². The molecule has 0 heterocycles. The number of halogens is 1. The van der Waals surface area contributed by atoms with Crippen molar-refractivity contribution in [2.24, 2.45) is 0 Å². The Labute approximate surface area is 107 Å². The summed E-state index contributed by atoms with van der Waals surface area (Å²) < 4.78 is 5.72. The summed E-state index contributed by atoms with van der Waals surface area (Å²) in [4.78, 5) is 5.13. The standard InChI is InChI=1S/C12H18ClN3O/c1-4-5-6-17-12-8-10(15-14)9(13)7-11(12)16(2)3/h7H,4-6,8H2,1-3H3. The number of unbranched alkanes of at least 4 members (excludes halogenated alkanes) is 1. The van der Waals surface area contributed by atoms with Gasteiger partial charge in [0.1, 0.15) is 17.2 Å². The Bertz CT molecular complexity index is 393. The number of allylic oxidation sites excluding steroid dienone is 3. The van der Waals surface area contributed by atoms with Gasteiger partial charge in [0.25, 0.3) is 0 Å². The molecule has 0 aliphatic heterocycles. The maximum Gasteiger partial charge on any atom is 0.318 e. The molecule has 0 aromatic rings. The molecule has 0 saturated heterocycles. The molecule has 0 N–H and O–H groups in total. The number of likely N-dealkylation sites (N-methyl/N-ethyl adjacent to an activating group) is 1. The van der Waals surface area contributed by atoms with Crippen LogP contribution >= 0.6 is 11.6 Å². The van der Waals surface area contributed by atoms with Crippen LogP contribution in [0.25, 0.3) is 5.53 Å². The zero-order valence-corrected chi connectivity index (χ0v) is 11.3. The summed E-state index contributed by atoms with van der Waals surface area (Å²) in [6, 6.07) is 0. The van der Waals surface area contributed by atoms with E-state index in [9.17, 15) is 0 Å². The molecule has 0 aromatic heterocycles. The summed E-state index contributed by atoms with van der Waals surface area (Å²) in [6.45, 7) is 2.79. The Morgan fingerprint density at radius 2 is 2.24 bits per heavy atom. The van der Waals surface area contributed by atoms with Crippen LogP contribution in [0.5, 0.6) is 0 Å². The monoisotopic (exact) mass is 255 g/mol. The van der Waals surface area contributed by atoms with Crippen molar-refractivity contribution in [3.63, 3.8) is 0 Å². The van der Waals surface area contributed by atoms with Crippen LogP contribution in [0.3, 0.4) is 0 Å². The predicted molar refractivity (Wildman–Crippen MR) is 68.8 cm³/mol. The zero-order chi connectivity index (χ0) is 12.8. The van der Waals surface area contributed by atoms with E-state index in [0.29, 0.717) is 23.8 Å². The van der Waals surface area contributed by atoms with Crippen molar-refractivity contribution in [2.75, 3.05) is 20.7 Å². The topological polar surface area (TPSA) is 48.9 Å². The minimum absolute atomic E-state index is 0.434. The fourth-order valence-corrected chi connectivity index (χ4v) is 1.75. The third-order valence-electron chi connectivity index (χ3n) is 2.53. The molecule has 94 valence electrons. The van der Waals surface area contributed by atoms with Gasteiger partial charge in [0, 0.05) is 14.1 Å². The number of nitrogens with zero attached hydrogens (tertiary/aromatic N) is 3. The van der Waals surface area contributed by atoms with E-state index in [4.69, 9.17) is 21.9 Å². The average molecular weight is 256 g/mol. The van der Waals surface area contributed by atoms with Gasteiger partial charge in [-0.15, -0.1) is 0 Å². The van der Waals surface area contributed by atoms with E-state index in [2.05, 4.69) is 11.7 Å². The van der Waals surface area contributed by atoms with Crippen LogP contribution in [-0.4, -0.2) is 36.1 Å². The molecule has 0 saturated carbocycles. The zero-order valence-electron chi connectivity index (χ0n) is 10.5. The van der Waals surface area contributed by atoms with Crippen LogP contribution in [0.15, 0.2) is 22.6 Å². The van der Waals surface area contributed by atoms with E-state index in [1.54, 1.807) is 6.08 Å². The lowest BCUT2D eigenvalue weighted by Gasteiger charge is -2.22. The highest BCUT2D eigenvalue weighted by Crippen LogP contribution is 2.25. The second kappa shape index (κ2) is 6.48. The van der Waals surface area contributed by atoms with Crippen molar-refractivity contribution in [1.29, 1.82) is 0 Å². The molecule has 0 aromatic carbocycles. The van der Waals surface area contributed by atoms with Crippen LogP contribution in [-0.2, 0) is 4.74 Å². The predicted octanol–water partition coefficient (Wildman–Crippen LogP) is 2.77. The van der Waals surface area contributed by atoms with E-state index in [-0.39, 0.29) is 0 Å².